The Morgan fingerprint density at radius 1 is 1.28 bits per heavy atom. The highest BCUT2D eigenvalue weighted by Gasteiger charge is 2.23. The molecule has 1 saturated heterocycles. The summed E-state index contributed by atoms with van der Waals surface area (Å²) >= 11 is 5.56. The fourth-order valence-electron chi connectivity index (χ4n) is 2.15. The van der Waals surface area contributed by atoms with E-state index in [2.05, 4.69) is 12.2 Å². The van der Waals surface area contributed by atoms with Gasteiger partial charge in [0.05, 0.1) is 0 Å². The van der Waals surface area contributed by atoms with Gasteiger partial charge in [-0.25, -0.2) is 0 Å². The van der Waals surface area contributed by atoms with Crippen LogP contribution in [0.1, 0.15) is 45.4 Å². The van der Waals surface area contributed by atoms with Crippen LogP contribution in [0.5, 0.6) is 0 Å². The molecule has 0 bridgehead atoms. The quantitative estimate of drug-likeness (QED) is 0.752. The number of carbonyl (C=O) groups excluding carboxylic acids is 2. The van der Waals surface area contributed by atoms with E-state index in [0.29, 0.717) is 18.7 Å². The Hall–Kier alpha value is -0.770. The molecule has 2 amide bonds. The summed E-state index contributed by atoms with van der Waals surface area (Å²) in [4.78, 5) is 25.0. The number of amides is 2. The Balaban J connectivity index is 2.22. The van der Waals surface area contributed by atoms with Gasteiger partial charge in [-0.05, 0) is 19.3 Å². The van der Waals surface area contributed by atoms with E-state index in [4.69, 9.17) is 11.6 Å². The van der Waals surface area contributed by atoms with Gasteiger partial charge in [0.2, 0.25) is 11.8 Å². The van der Waals surface area contributed by atoms with Crippen LogP contribution >= 0.6 is 11.6 Å². The molecule has 4 nitrogen and oxygen atoms in total. The number of hydrogen-bond donors (Lipinski definition) is 1. The number of alkyl halides is 1. The van der Waals surface area contributed by atoms with Gasteiger partial charge in [-0.2, -0.15) is 0 Å². The van der Waals surface area contributed by atoms with Crippen molar-refractivity contribution in [3.05, 3.63) is 0 Å². The molecule has 0 aromatic carbocycles. The van der Waals surface area contributed by atoms with Crippen LogP contribution in [-0.4, -0.2) is 41.7 Å². The van der Waals surface area contributed by atoms with Crippen molar-refractivity contribution in [2.45, 2.75) is 51.5 Å². The van der Waals surface area contributed by atoms with Gasteiger partial charge >= 0.3 is 0 Å². The third kappa shape index (κ3) is 5.25. The molecule has 0 aliphatic carbocycles. The van der Waals surface area contributed by atoms with E-state index in [9.17, 15) is 9.59 Å². The second kappa shape index (κ2) is 8.35. The lowest BCUT2D eigenvalue weighted by atomic mass is 10.0. The second-order valence-electron chi connectivity index (χ2n) is 4.77. The maximum Gasteiger partial charge on any atom is 0.223 e. The molecule has 0 unspecified atom stereocenters. The largest absolute Gasteiger partial charge is 0.353 e. The van der Waals surface area contributed by atoms with Crippen LogP contribution in [0, 0.1) is 0 Å². The first-order valence-electron chi connectivity index (χ1n) is 6.80. The van der Waals surface area contributed by atoms with Crippen molar-refractivity contribution < 1.29 is 9.59 Å². The molecule has 18 heavy (non-hydrogen) atoms. The predicted octanol–water partition coefficient (Wildman–Crippen LogP) is 1.91. The van der Waals surface area contributed by atoms with Crippen LogP contribution in [0.15, 0.2) is 0 Å². The predicted molar refractivity (Wildman–Crippen MR) is 72.6 cm³/mol. The number of likely N-dealkylation sites (tertiary alicyclic amines) is 1. The fraction of sp³-hybridized carbons (Fsp3) is 0.846. The number of rotatable bonds is 6. The monoisotopic (exact) mass is 274 g/mol. The molecule has 0 aromatic rings. The molecule has 1 rings (SSSR count). The van der Waals surface area contributed by atoms with Crippen molar-refractivity contribution in [1.82, 2.24) is 10.2 Å². The Morgan fingerprint density at radius 2 is 1.94 bits per heavy atom. The smallest absolute Gasteiger partial charge is 0.223 e. The average molecular weight is 275 g/mol. The summed E-state index contributed by atoms with van der Waals surface area (Å²) in [7, 11) is 0. The highest BCUT2D eigenvalue weighted by atomic mass is 35.5. The molecule has 1 heterocycles. The van der Waals surface area contributed by atoms with Crippen LogP contribution in [0.25, 0.3) is 0 Å². The Morgan fingerprint density at radius 3 is 2.50 bits per heavy atom. The lowest BCUT2D eigenvalue weighted by Crippen LogP contribution is -2.46. The van der Waals surface area contributed by atoms with Crippen LogP contribution in [-0.2, 0) is 9.59 Å². The Labute approximate surface area is 114 Å². The van der Waals surface area contributed by atoms with E-state index in [-0.39, 0.29) is 17.9 Å². The summed E-state index contributed by atoms with van der Waals surface area (Å²) in [5.74, 6) is 0.648. The van der Waals surface area contributed by atoms with E-state index in [1.807, 2.05) is 4.90 Å². The van der Waals surface area contributed by atoms with Gasteiger partial charge in [0.25, 0.3) is 0 Å². The number of halogens is 1. The first kappa shape index (κ1) is 15.3. The number of nitrogens with zero attached hydrogens (tertiary/aromatic N) is 1. The van der Waals surface area contributed by atoms with Crippen LogP contribution in [0.2, 0.25) is 0 Å². The SMILES string of the molecule is CCCCC(=O)NC1CCN(C(=O)CCCl)CC1. The average Bonchev–Trinajstić information content (AvgIpc) is 2.37. The highest BCUT2D eigenvalue weighted by molar-refractivity contribution is 6.18. The minimum absolute atomic E-state index is 0.126. The Bertz CT molecular complexity index is 276. The molecule has 0 radical (unpaired) electrons. The van der Waals surface area contributed by atoms with E-state index in [1.165, 1.54) is 0 Å². The van der Waals surface area contributed by atoms with Gasteiger partial charge in [-0.1, -0.05) is 13.3 Å². The third-order valence-electron chi connectivity index (χ3n) is 3.28. The number of nitrogens with one attached hydrogen (secondary N) is 1. The number of piperidine rings is 1. The van der Waals surface area contributed by atoms with Crippen LogP contribution in [0.4, 0.5) is 0 Å². The van der Waals surface area contributed by atoms with Gasteiger partial charge in [0.1, 0.15) is 0 Å². The molecule has 0 atom stereocenters. The van der Waals surface area contributed by atoms with Crippen molar-refractivity contribution >= 4 is 23.4 Å². The molecule has 1 aliphatic rings. The first-order valence-corrected chi connectivity index (χ1v) is 7.34. The molecular formula is C13H23ClN2O2. The molecule has 104 valence electrons. The van der Waals surface area contributed by atoms with E-state index < -0.39 is 0 Å². The molecule has 0 spiro atoms. The molecule has 0 saturated carbocycles. The van der Waals surface area contributed by atoms with Gasteiger partial charge in [0, 0.05) is 37.9 Å². The molecule has 5 heteroatoms. The van der Waals surface area contributed by atoms with E-state index in [0.717, 1.165) is 38.8 Å². The van der Waals surface area contributed by atoms with Crippen LogP contribution < -0.4 is 5.32 Å². The maximum absolute atomic E-state index is 11.6. The van der Waals surface area contributed by atoms with Crippen molar-refractivity contribution in [2.24, 2.45) is 0 Å². The third-order valence-corrected chi connectivity index (χ3v) is 3.47. The summed E-state index contributed by atoms with van der Waals surface area (Å²) in [6.45, 7) is 3.54. The van der Waals surface area contributed by atoms with Gasteiger partial charge < -0.3 is 10.2 Å². The molecule has 0 aromatic heterocycles. The minimum Gasteiger partial charge on any atom is -0.353 e. The molecule has 1 fully saturated rings. The molecular weight excluding hydrogens is 252 g/mol. The van der Waals surface area contributed by atoms with E-state index in [1.54, 1.807) is 0 Å². The van der Waals surface area contributed by atoms with Crippen molar-refractivity contribution in [2.75, 3.05) is 19.0 Å². The lowest BCUT2D eigenvalue weighted by molar-refractivity contribution is -0.132. The van der Waals surface area contributed by atoms with Crippen molar-refractivity contribution in [1.29, 1.82) is 0 Å². The van der Waals surface area contributed by atoms with Crippen LogP contribution in [0.3, 0.4) is 0 Å². The normalized spacial score (nSPS) is 16.7. The molecule has 1 aliphatic heterocycles. The summed E-state index contributed by atoms with van der Waals surface area (Å²) in [5.41, 5.74) is 0. The second-order valence-corrected chi connectivity index (χ2v) is 5.14. The van der Waals surface area contributed by atoms with Gasteiger partial charge in [-0.15, -0.1) is 11.6 Å². The lowest BCUT2D eigenvalue weighted by Gasteiger charge is -2.32. The summed E-state index contributed by atoms with van der Waals surface area (Å²) in [6.07, 6.45) is 4.71. The number of carbonyl (C=O) groups is 2. The van der Waals surface area contributed by atoms with Crippen molar-refractivity contribution in [3.63, 3.8) is 0 Å². The number of unbranched alkanes of at least 4 members (excludes halogenated alkanes) is 1. The summed E-state index contributed by atoms with van der Waals surface area (Å²) in [5, 5.41) is 3.04. The first-order chi connectivity index (χ1) is 8.67. The van der Waals surface area contributed by atoms with E-state index >= 15 is 0 Å². The molecule has 1 N–H and O–H groups in total. The summed E-state index contributed by atoms with van der Waals surface area (Å²) in [6, 6.07) is 0.231. The number of hydrogen-bond acceptors (Lipinski definition) is 2. The summed E-state index contributed by atoms with van der Waals surface area (Å²) < 4.78 is 0. The standard InChI is InChI=1S/C13H23ClN2O2/c1-2-3-4-12(17)15-11-6-9-16(10-7-11)13(18)5-8-14/h11H,2-10H2,1H3,(H,15,17). The van der Waals surface area contributed by atoms with Gasteiger partial charge in [0.15, 0.2) is 0 Å². The fourth-order valence-corrected chi connectivity index (χ4v) is 2.31. The zero-order valence-electron chi connectivity index (χ0n) is 11.1. The topological polar surface area (TPSA) is 49.4 Å². The Kier molecular flexibility index (Phi) is 7.09. The maximum atomic E-state index is 11.6. The highest BCUT2D eigenvalue weighted by Crippen LogP contribution is 2.12. The van der Waals surface area contributed by atoms with Crippen molar-refractivity contribution in [3.8, 4) is 0 Å². The zero-order chi connectivity index (χ0) is 13.4. The van der Waals surface area contributed by atoms with Gasteiger partial charge in [-0.3, -0.25) is 9.59 Å². The zero-order valence-corrected chi connectivity index (χ0v) is 11.8. The minimum atomic E-state index is 0.126.